The fourth-order valence-corrected chi connectivity index (χ4v) is 2.60. The first-order valence-electron chi connectivity index (χ1n) is 8.30. The van der Waals surface area contributed by atoms with Crippen LogP contribution in [-0.4, -0.2) is 44.7 Å². The lowest BCUT2D eigenvalue weighted by atomic mass is 10.2. The number of guanidine groups is 1. The van der Waals surface area contributed by atoms with E-state index in [0.717, 1.165) is 29.4 Å². The molecule has 2 aromatic rings. The van der Waals surface area contributed by atoms with Crippen LogP contribution in [0, 0.1) is 0 Å². The van der Waals surface area contributed by atoms with E-state index in [1.165, 1.54) is 0 Å². The molecule has 142 valence electrons. The predicted octanol–water partition coefficient (Wildman–Crippen LogP) is 3.09. The number of rotatable bonds is 5. The standard InChI is InChI=1S/C18H24N4O3.HI/c1-22(2)14(15-5-3-8-23-15)12-20-18(19)21-13-6-7-16-17(11-13)25-10-4-9-24-16;/h3,5-8,11,14H,4,9-10,12H2,1-2H3,(H3,19,20,21);1H. The SMILES string of the molecule is CN(C)C(CN=C(N)Nc1ccc2c(c1)OCCCO2)c1ccco1.I. The summed E-state index contributed by atoms with van der Waals surface area (Å²) in [5.41, 5.74) is 6.84. The number of benzene rings is 1. The van der Waals surface area contributed by atoms with Crippen molar-refractivity contribution in [3.8, 4) is 11.5 Å². The van der Waals surface area contributed by atoms with E-state index in [2.05, 4.69) is 10.3 Å². The fraction of sp³-hybridized carbons (Fsp3) is 0.389. The Hall–Kier alpha value is -1.94. The monoisotopic (exact) mass is 472 g/mol. The zero-order valence-electron chi connectivity index (χ0n) is 15.0. The number of aliphatic imine (C=N–C) groups is 1. The lowest BCUT2D eigenvalue weighted by molar-refractivity contribution is 0.265. The van der Waals surface area contributed by atoms with E-state index in [4.69, 9.17) is 19.6 Å². The molecule has 0 saturated carbocycles. The first-order chi connectivity index (χ1) is 12.1. The Morgan fingerprint density at radius 3 is 2.69 bits per heavy atom. The highest BCUT2D eigenvalue weighted by Crippen LogP contribution is 2.32. The first kappa shape index (κ1) is 20.4. The topological polar surface area (TPSA) is 85.2 Å². The van der Waals surface area contributed by atoms with Gasteiger partial charge in [0, 0.05) is 18.2 Å². The van der Waals surface area contributed by atoms with Crippen molar-refractivity contribution < 1.29 is 13.9 Å². The molecule has 0 fully saturated rings. The van der Waals surface area contributed by atoms with Crippen LogP contribution < -0.4 is 20.5 Å². The van der Waals surface area contributed by atoms with Crippen LogP contribution >= 0.6 is 24.0 Å². The lowest BCUT2D eigenvalue weighted by Crippen LogP contribution is -2.27. The summed E-state index contributed by atoms with van der Waals surface area (Å²) in [4.78, 5) is 6.48. The Kier molecular flexibility index (Phi) is 7.58. The molecule has 2 heterocycles. The van der Waals surface area contributed by atoms with Gasteiger partial charge in [-0.25, -0.2) is 0 Å². The molecule has 1 atom stereocenters. The Bertz CT molecular complexity index is 719. The third kappa shape index (κ3) is 5.28. The van der Waals surface area contributed by atoms with Gasteiger partial charge in [-0.2, -0.15) is 0 Å². The maximum absolute atomic E-state index is 6.03. The number of ether oxygens (including phenoxy) is 2. The lowest BCUT2D eigenvalue weighted by Gasteiger charge is -2.20. The van der Waals surface area contributed by atoms with Crippen molar-refractivity contribution in [2.45, 2.75) is 12.5 Å². The van der Waals surface area contributed by atoms with Gasteiger partial charge in [0.05, 0.1) is 32.1 Å². The molecule has 0 bridgehead atoms. The summed E-state index contributed by atoms with van der Waals surface area (Å²) in [6, 6.07) is 9.48. The van der Waals surface area contributed by atoms with Crippen molar-refractivity contribution in [3.05, 3.63) is 42.4 Å². The van der Waals surface area contributed by atoms with Crippen LogP contribution in [0.4, 0.5) is 5.69 Å². The van der Waals surface area contributed by atoms with Crippen LogP contribution in [0.15, 0.2) is 46.0 Å². The molecule has 0 spiro atoms. The summed E-state index contributed by atoms with van der Waals surface area (Å²) in [7, 11) is 3.96. The van der Waals surface area contributed by atoms with Crippen molar-refractivity contribution >= 4 is 35.6 Å². The Labute approximate surface area is 170 Å². The van der Waals surface area contributed by atoms with Crippen LogP contribution in [0.25, 0.3) is 0 Å². The van der Waals surface area contributed by atoms with Crippen molar-refractivity contribution in [3.63, 3.8) is 0 Å². The fourth-order valence-electron chi connectivity index (χ4n) is 2.60. The molecular weight excluding hydrogens is 447 g/mol. The number of nitrogens with one attached hydrogen (secondary N) is 1. The van der Waals surface area contributed by atoms with E-state index in [9.17, 15) is 0 Å². The van der Waals surface area contributed by atoms with Gasteiger partial charge in [-0.1, -0.05) is 0 Å². The normalized spacial score (nSPS) is 15.1. The number of halogens is 1. The third-order valence-electron chi connectivity index (χ3n) is 3.95. The van der Waals surface area contributed by atoms with Gasteiger partial charge >= 0.3 is 0 Å². The average molecular weight is 472 g/mol. The minimum atomic E-state index is 0. The second-order valence-corrected chi connectivity index (χ2v) is 6.06. The summed E-state index contributed by atoms with van der Waals surface area (Å²) >= 11 is 0. The van der Waals surface area contributed by atoms with Crippen LogP contribution in [-0.2, 0) is 0 Å². The largest absolute Gasteiger partial charge is 0.490 e. The Morgan fingerprint density at radius 1 is 1.23 bits per heavy atom. The average Bonchev–Trinajstić information content (AvgIpc) is 3.00. The molecule has 1 aliphatic rings. The molecule has 1 unspecified atom stereocenters. The van der Waals surface area contributed by atoms with E-state index in [0.29, 0.717) is 25.7 Å². The van der Waals surface area contributed by atoms with Gasteiger partial charge in [-0.3, -0.25) is 9.89 Å². The molecule has 26 heavy (non-hydrogen) atoms. The van der Waals surface area contributed by atoms with Gasteiger partial charge in [0.2, 0.25) is 0 Å². The van der Waals surface area contributed by atoms with E-state index >= 15 is 0 Å². The molecule has 3 N–H and O–H groups in total. The van der Waals surface area contributed by atoms with Crippen molar-refractivity contribution in [1.82, 2.24) is 4.90 Å². The molecule has 1 aliphatic heterocycles. The Morgan fingerprint density at radius 2 is 2.00 bits per heavy atom. The van der Waals surface area contributed by atoms with E-state index < -0.39 is 0 Å². The van der Waals surface area contributed by atoms with E-state index in [-0.39, 0.29) is 30.0 Å². The molecule has 3 rings (SSSR count). The van der Waals surface area contributed by atoms with Crippen molar-refractivity contribution in [1.29, 1.82) is 0 Å². The number of fused-ring (bicyclic) bond motifs is 1. The number of nitrogens with two attached hydrogens (primary N) is 1. The van der Waals surface area contributed by atoms with Gasteiger partial charge in [0.25, 0.3) is 0 Å². The van der Waals surface area contributed by atoms with Gasteiger partial charge in [0.1, 0.15) is 5.76 Å². The van der Waals surface area contributed by atoms with Gasteiger partial charge in [-0.05, 0) is 38.4 Å². The van der Waals surface area contributed by atoms with Crippen LogP contribution in [0.1, 0.15) is 18.2 Å². The smallest absolute Gasteiger partial charge is 0.193 e. The number of nitrogens with zero attached hydrogens (tertiary/aromatic N) is 2. The molecule has 7 nitrogen and oxygen atoms in total. The van der Waals surface area contributed by atoms with Crippen LogP contribution in [0.3, 0.4) is 0 Å². The quantitative estimate of drug-likeness (QED) is 0.395. The zero-order chi connectivity index (χ0) is 17.6. The highest BCUT2D eigenvalue weighted by molar-refractivity contribution is 14.0. The molecule has 0 aliphatic carbocycles. The van der Waals surface area contributed by atoms with E-state index in [1.54, 1.807) is 6.26 Å². The van der Waals surface area contributed by atoms with Crippen LogP contribution in [0.5, 0.6) is 11.5 Å². The molecule has 1 aromatic heterocycles. The summed E-state index contributed by atoms with van der Waals surface area (Å²) in [6.07, 6.45) is 2.54. The molecule has 0 saturated heterocycles. The maximum Gasteiger partial charge on any atom is 0.193 e. The second-order valence-electron chi connectivity index (χ2n) is 6.06. The first-order valence-corrected chi connectivity index (χ1v) is 8.30. The third-order valence-corrected chi connectivity index (χ3v) is 3.95. The summed E-state index contributed by atoms with van der Waals surface area (Å²) in [5.74, 6) is 2.67. The number of hydrogen-bond donors (Lipinski definition) is 2. The minimum absolute atomic E-state index is 0. The summed E-state index contributed by atoms with van der Waals surface area (Å²) in [5, 5.41) is 3.10. The molecular formula is C18H25IN4O3. The highest BCUT2D eigenvalue weighted by atomic mass is 127. The predicted molar refractivity (Wildman–Crippen MR) is 113 cm³/mol. The number of likely N-dealkylation sites (N-methyl/N-ethyl adjacent to an activating group) is 1. The molecule has 1 aromatic carbocycles. The Balaban J connectivity index is 0.00000243. The summed E-state index contributed by atoms with van der Waals surface area (Å²) in [6.45, 7) is 1.81. The number of hydrogen-bond acceptors (Lipinski definition) is 5. The summed E-state index contributed by atoms with van der Waals surface area (Å²) < 4.78 is 16.8. The zero-order valence-corrected chi connectivity index (χ0v) is 17.3. The number of anilines is 1. The van der Waals surface area contributed by atoms with Gasteiger partial charge in [-0.15, -0.1) is 24.0 Å². The van der Waals surface area contributed by atoms with Crippen LogP contribution in [0.2, 0.25) is 0 Å². The minimum Gasteiger partial charge on any atom is -0.490 e. The second kappa shape index (κ2) is 9.67. The van der Waals surface area contributed by atoms with Gasteiger partial charge in [0.15, 0.2) is 17.5 Å². The molecule has 0 radical (unpaired) electrons. The van der Waals surface area contributed by atoms with Crippen molar-refractivity contribution in [2.24, 2.45) is 10.7 Å². The van der Waals surface area contributed by atoms with Gasteiger partial charge < -0.3 is 24.9 Å². The van der Waals surface area contributed by atoms with E-state index in [1.807, 2.05) is 49.3 Å². The molecule has 8 heteroatoms. The maximum atomic E-state index is 6.03. The molecule has 0 amide bonds. The highest BCUT2D eigenvalue weighted by Gasteiger charge is 2.16. The number of furan rings is 1. The van der Waals surface area contributed by atoms with Crippen molar-refractivity contribution in [2.75, 3.05) is 39.2 Å².